The molecule has 14 heteroatoms. The van der Waals surface area contributed by atoms with Crippen LogP contribution in [0.15, 0.2) is 35.7 Å². The second-order valence-corrected chi connectivity index (χ2v) is 11.7. The third kappa shape index (κ3) is 9.61. The van der Waals surface area contributed by atoms with Crippen molar-refractivity contribution in [2.24, 2.45) is 5.73 Å². The summed E-state index contributed by atoms with van der Waals surface area (Å²) in [5.74, 6) is -5.10. The maximum absolute atomic E-state index is 12.8. The van der Waals surface area contributed by atoms with Crippen molar-refractivity contribution in [1.82, 2.24) is 9.88 Å². The molecule has 0 bridgehead atoms. The van der Waals surface area contributed by atoms with Crippen LogP contribution in [0.1, 0.15) is 18.5 Å². The average Bonchev–Trinajstić information content (AvgIpc) is 3.22. The summed E-state index contributed by atoms with van der Waals surface area (Å²) in [7, 11) is -3.72. The van der Waals surface area contributed by atoms with Gasteiger partial charge >= 0.3 is 6.18 Å². The molecular weight excluding hydrogens is 527 g/mol. The lowest BCUT2D eigenvalue weighted by Gasteiger charge is -2.29. The molecule has 0 unspecified atom stereocenters. The second kappa shape index (κ2) is 12.5. The Morgan fingerprint density at radius 3 is 2.43 bits per heavy atom. The van der Waals surface area contributed by atoms with E-state index in [2.05, 4.69) is 4.98 Å². The minimum absolute atomic E-state index is 0.0201. The van der Waals surface area contributed by atoms with Gasteiger partial charge in [0.05, 0.1) is 18.0 Å². The number of nitrogens with zero attached hydrogens (tertiary/aromatic N) is 2. The zero-order valence-electron chi connectivity index (χ0n) is 18.7. The SMILES string of the molecule is CS(=O)(=O)CC(=O)N(Cc1csc(-c2ccccc2)n1)[C@@H](CCCSCC(=O)C(F)(F)F)C(N)=O. The Morgan fingerprint density at radius 1 is 1.20 bits per heavy atom. The quantitative estimate of drug-likeness (QED) is 0.379. The minimum Gasteiger partial charge on any atom is -0.368 e. The summed E-state index contributed by atoms with van der Waals surface area (Å²) in [5.41, 5.74) is 6.76. The molecule has 8 nitrogen and oxygen atoms in total. The number of thioether (sulfide) groups is 1. The van der Waals surface area contributed by atoms with Gasteiger partial charge in [-0.3, -0.25) is 14.4 Å². The Hall–Kier alpha value is -2.45. The maximum Gasteiger partial charge on any atom is 0.450 e. The van der Waals surface area contributed by atoms with Crippen molar-refractivity contribution in [2.45, 2.75) is 31.6 Å². The van der Waals surface area contributed by atoms with Gasteiger partial charge in [-0.05, 0) is 18.6 Å². The zero-order valence-corrected chi connectivity index (χ0v) is 21.1. The van der Waals surface area contributed by atoms with Crippen molar-refractivity contribution >= 4 is 50.5 Å². The van der Waals surface area contributed by atoms with Gasteiger partial charge in [0.2, 0.25) is 17.6 Å². The van der Waals surface area contributed by atoms with Crippen LogP contribution in [0, 0.1) is 0 Å². The minimum atomic E-state index is -4.91. The normalized spacial score (nSPS) is 12.8. The highest BCUT2D eigenvalue weighted by Crippen LogP contribution is 2.25. The van der Waals surface area contributed by atoms with Crippen LogP contribution in [0.5, 0.6) is 0 Å². The van der Waals surface area contributed by atoms with Gasteiger partial charge in [0.15, 0.2) is 9.84 Å². The Balaban J connectivity index is 2.14. The van der Waals surface area contributed by atoms with Gasteiger partial charge in [0.25, 0.3) is 0 Å². The molecule has 0 spiro atoms. The second-order valence-electron chi connectivity index (χ2n) is 7.64. The van der Waals surface area contributed by atoms with E-state index in [0.717, 1.165) is 28.5 Å². The summed E-state index contributed by atoms with van der Waals surface area (Å²) >= 11 is 2.05. The highest BCUT2D eigenvalue weighted by molar-refractivity contribution is 7.99. The van der Waals surface area contributed by atoms with Gasteiger partial charge in [-0.25, -0.2) is 13.4 Å². The first-order valence-corrected chi connectivity index (χ1v) is 14.3. The maximum atomic E-state index is 12.8. The van der Waals surface area contributed by atoms with Crippen molar-refractivity contribution in [1.29, 1.82) is 0 Å². The topological polar surface area (TPSA) is 128 Å². The van der Waals surface area contributed by atoms with Gasteiger partial charge in [0, 0.05) is 17.2 Å². The van der Waals surface area contributed by atoms with Crippen LogP contribution in [0.4, 0.5) is 13.2 Å². The molecule has 1 atom stereocenters. The summed E-state index contributed by atoms with van der Waals surface area (Å²) < 4.78 is 60.4. The van der Waals surface area contributed by atoms with Crippen molar-refractivity contribution < 1.29 is 36.0 Å². The van der Waals surface area contributed by atoms with Crippen molar-refractivity contribution in [2.75, 3.05) is 23.5 Å². The number of halogens is 3. The van der Waals surface area contributed by atoms with Crippen LogP contribution in [0.3, 0.4) is 0 Å². The number of hydrogen-bond donors (Lipinski definition) is 1. The molecule has 2 rings (SSSR count). The molecule has 35 heavy (non-hydrogen) atoms. The van der Waals surface area contributed by atoms with E-state index >= 15 is 0 Å². The van der Waals surface area contributed by atoms with Crippen LogP contribution in [-0.2, 0) is 30.8 Å². The molecule has 2 aromatic rings. The standard InChI is InChI=1S/C21H24F3N3O5S3/c1-35(31,32)13-18(29)27(10-15-11-34-20(26-15)14-6-3-2-4-7-14)16(19(25)30)8-5-9-33-12-17(28)21(22,23)24/h2-4,6-7,11,16H,5,8-10,12-13H2,1H3,(H2,25,30)/t16-/m0/s1. The van der Waals surface area contributed by atoms with Crippen molar-refractivity contribution in [3.63, 3.8) is 0 Å². The van der Waals surface area contributed by atoms with Crippen LogP contribution >= 0.6 is 23.1 Å². The summed E-state index contributed by atoms with van der Waals surface area (Å²) in [5, 5.41) is 2.34. The van der Waals surface area contributed by atoms with Crippen molar-refractivity contribution in [3.05, 3.63) is 41.4 Å². The van der Waals surface area contributed by atoms with E-state index in [4.69, 9.17) is 5.73 Å². The molecule has 2 N–H and O–H groups in total. The number of rotatable bonds is 13. The summed E-state index contributed by atoms with van der Waals surface area (Å²) in [4.78, 5) is 41.5. The van der Waals surface area contributed by atoms with Gasteiger partial charge in [-0.15, -0.1) is 11.3 Å². The molecule has 1 heterocycles. The largest absolute Gasteiger partial charge is 0.450 e. The predicted molar refractivity (Wildman–Crippen MR) is 128 cm³/mol. The highest BCUT2D eigenvalue weighted by atomic mass is 32.2. The molecule has 0 aliphatic rings. The molecule has 1 aromatic heterocycles. The Bertz CT molecular complexity index is 1140. The van der Waals surface area contributed by atoms with E-state index in [-0.39, 0.29) is 25.1 Å². The number of carbonyl (C=O) groups excluding carboxylic acids is 3. The number of nitrogens with two attached hydrogens (primary N) is 1. The number of benzene rings is 1. The fourth-order valence-electron chi connectivity index (χ4n) is 3.02. The predicted octanol–water partition coefficient (Wildman–Crippen LogP) is 2.68. The lowest BCUT2D eigenvalue weighted by atomic mass is 10.1. The van der Waals surface area contributed by atoms with Crippen LogP contribution in [0.2, 0.25) is 0 Å². The number of carbonyl (C=O) groups is 3. The lowest BCUT2D eigenvalue weighted by Crippen LogP contribution is -2.49. The van der Waals surface area contributed by atoms with E-state index in [9.17, 15) is 36.0 Å². The highest BCUT2D eigenvalue weighted by Gasteiger charge is 2.37. The van der Waals surface area contributed by atoms with Crippen LogP contribution in [0.25, 0.3) is 10.6 Å². The van der Waals surface area contributed by atoms with Crippen LogP contribution in [-0.4, -0.2) is 71.6 Å². The number of ketones is 1. The third-order valence-corrected chi connectivity index (χ3v) is 7.39. The van der Waals surface area contributed by atoms with E-state index in [1.54, 1.807) is 5.38 Å². The first kappa shape index (κ1) is 28.8. The fraction of sp³-hybridized carbons (Fsp3) is 0.429. The molecule has 0 aliphatic heterocycles. The molecule has 1 aromatic carbocycles. The van der Waals surface area contributed by atoms with E-state index < -0.39 is 51.2 Å². The number of thiazole rings is 1. The van der Waals surface area contributed by atoms with E-state index in [0.29, 0.717) is 10.7 Å². The number of hydrogen-bond acceptors (Lipinski definition) is 8. The number of primary amides is 1. The van der Waals surface area contributed by atoms with Crippen LogP contribution < -0.4 is 5.73 Å². The van der Waals surface area contributed by atoms with Gasteiger partial charge in [-0.1, -0.05) is 30.3 Å². The van der Waals surface area contributed by atoms with Gasteiger partial charge in [-0.2, -0.15) is 24.9 Å². The first-order chi connectivity index (χ1) is 16.3. The number of alkyl halides is 3. The first-order valence-electron chi connectivity index (χ1n) is 10.2. The van der Waals surface area contributed by atoms with Gasteiger partial charge < -0.3 is 10.6 Å². The smallest absolute Gasteiger partial charge is 0.368 e. The Kier molecular flexibility index (Phi) is 10.3. The number of amides is 2. The van der Waals surface area contributed by atoms with Crippen molar-refractivity contribution in [3.8, 4) is 10.6 Å². The summed E-state index contributed by atoms with van der Waals surface area (Å²) in [6.07, 6.45) is -3.89. The molecule has 0 fully saturated rings. The third-order valence-electron chi connectivity index (χ3n) is 4.63. The average molecular weight is 552 g/mol. The molecule has 0 saturated heterocycles. The summed E-state index contributed by atoms with van der Waals surface area (Å²) in [6.45, 7) is -0.176. The monoisotopic (exact) mass is 551 g/mol. The van der Waals surface area contributed by atoms with Gasteiger partial charge in [0.1, 0.15) is 16.8 Å². The molecule has 0 saturated carbocycles. The number of aromatic nitrogens is 1. The summed E-state index contributed by atoms with van der Waals surface area (Å²) in [6, 6.07) is 8.01. The zero-order chi connectivity index (χ0) is 26.2. The number of sulfone groups is 1. The molecule has 0 aliphatic carbocycles. The molecule has 2 amide bonds. The Morgan fingerprint density at radius 2 is 1.86 bits per heavy atom. The van der Waals surface area contributed by atoms with E-state index in [1.807, 2.05) is 30.3 Å². The lowest BCUT2D eigenvalue weighted by molar-refractivity contribution is -0.167. The van der Waals surface area contributed by atoms with E-state index in [1.165, 1.54) is 11.3 Å². The molecular formula is C21H24F3N3O5S3. The Labute approximate surface area is 209 Å². The molecule has 0 radical (unpaired) electrons. The molecule has 192 valence electrons. The fourth-order valence-corrected chi connectivity index (χ4v) is 5.32. The number of Topliss-reactive ketones (excluding diaryl/α,β-unsaturated/α-hetero) is 1.